The molecule has 2 aliphatic rings. The van der Waals surface area contributed by atoms with Crippen LogP contribution >= 0.6 is 0 Å². The predicted octanol–water partition coefficient (Wildman–Crippen LogP) is 2.01. The number of nitrogens with one attached hydrogen (secondary N) is 1. The molecule has 1 saturated heterocycles. The Balaban J connectivity index is 1.62. The van der Waals surface area contributed by atoms with Gasteiger partial charge in [0.15, 0.2) is 0 Å². The van der Waals surface area contributed by atoms with Gasteiger partial charge in [0, 0.05) is 37.6 Å². The lowest BCUT2D eigenvalue weighted by molar-refractivity contribution is 0.160. The summed E-state index contributed by atoms with van der Waals surface area (Å²) in [7, 11) is 0. The van der Waals surface area contributed by atoms with Gasteiger partial charge in [0.05, 0.1) is 0 Å². The second-order valence-electron chi connectivity index (χ2n) is 5.79. The van der Waals surface area contributed by atoms with Crippen LogP contribution in [0.5, 0.6) is 0 Å². The van der Waals surface area contributed by atoms with Gasteiger partial charge in [-0.3, -0.25) is 4.90 Å². The summed E-state index contributed by atoms with van der Waals surface area (Å²) >= 11 is 0. The molecule has 3 rings (SSSR count). The monoisotopic (exact) mass is 230 g/mol. The van der Waals surface area contributed by atoms with E-state index in [4.69, 9.17) is 0 Å². The van der Waals surface area contributed by atoms with E-state index >= 15 is 0 Å². The Morgan fingerprint density at radius 2 is 1.88 bits per heavy atom. The van der Waals surface area contributed by atoms with E-state index in [9.17, 15) is 0 Å². The Labute approximate surface area is 104 Å². The molecule has 1 aliphatic carbocycles. The minimum atomic E-state index is 0.633. The summed E-state index contributed by atoms with van der Waals surface area (Å²) in [5, 5.41) is 3.60. The van der Waals surface area contributed by atoms with Crippen LogP contribution in [0.25, 0.3) is 0 Å². The van der Waals surface area contributed by atoms with Crippen molar-refractivity contribution in [2.75, 3.05) is 19.6 Å². The zero-order chi connectivity index (χ0) is 11.8. The highest BCUT2D eigenvalue weighted by Gasteiger charge is 2.29. The molecule has 0 amide bonds. The van der Waals surface area contributed by atoms with Gasteiger partial charge >= 0.3 is 0 Å². The molecule has 1 aliphatic heterocycles. The largest absolute Gasteiger partial charge is 0.309 e. The van der Waals surface area contributed by atoms with Crippen LogP contribution in [0, 0.1) is 0 Å². The van der Waals surface area contributed by atoms with Crippen LogP contribution in [0.1, 0.15) is 30.9 Å². The van der Waals surface area contributed by atoms with Gasteiger partial charge in [-0.1, -0.05) is 24.3 Å². The Morgan fingerprint density at radius 3 is 2.59 bits per heavy atom. The maximum Gasteiger partial charge on any atom is 0.0169 e. The van der Waals surface area contributed by atoms with Crippen LogP contribution in [-0.2, 0) is 6.42 Å². The van der Waals surface area contributed by atoms with E-state index in [1.165, 1.54) is 26.1 Å². The SMILES string of the molecule is CC1CN(CC2Cc3ccccc32)CC(C)N1. The molecular weight excluding hydrogens is 208 g/mol. The van der Waals surface area contributed by atoms with Gasteiger partial charge in [-0.25, -0.2) is 0 Å². The highest BCUT2D eigenvalue weighted by molar-refractivity contribution is 5.40. The number of hydrogen-bond acceptors (Lipinski definition) is 2. The third kappa shape index (κ3) is 2.24. The zero-order valence-electron chi connectivity index (χ0n) is 10.8. The second kappa shape index (κ2) is 4.43. The van der Waals surface area contributed by atoms with E-state index in [-0.39, 0.29) is 0 Å². The van der Waals surface area contributed by atoms with E-state index in [1.54, 1.807) is 11.1 Å². The summed E-state index contributed by atoms with van der Waals surface area (Å²) in [6.07, 6.45) is 1.28. The van der Waals surface area contributed by atoms with Crippen LogP contribution < -0.4 is 5.32 Å². The van der Waals surface area contributed by atoms with Gasteiger partial charge in [0.1, 0.15) is 0 Å². The molecule has 1 heterocycles. The number of piperazine rings is 1. The normalized spacial score (nSPS) is 32.9. The molecule has 0 aromatic heterocycles. The van der Waals surface area contributed by atoms with E-state index in [0.29, 0.717) is 12.1 Å². The third-order valence-corrected chi connectivity index (χ3v) is 4.07. The van der Waals surface area contributed by atoms with Crippen molar-refractivity contribution in [1.29, 1.82) is 0 Å². The van der Waals surface area contributed by atoms with Gasteiger partial charge in [0.25, 0.3) is 0 Å². The highest BCUT2D eigenvalue weighted by atomic mass is 15.2. The standard InChI is InChI=1S/C15H22N2/c1-11-8-17(9-12(2)16-11)10-14-7-13-5-3-4-6-15(13)14/h3-6,11-12,14,16H,7-10H2,1-2H3. The fraction of sp³-hybridized carbons (Fsp3) is 0.600. The Kier molecular flexibility index (Phi) is 2.93. The zero-order valence-corrected chi connectivity index (χ0v) is 10.8. The number of benzene rings is 1. The summed E-state index contributed by atoms with van der Waals surface area (Å²) in [6.45, 7) is 8.22. The van der Waals surface area contributed by atoms with E-state index in [0.717, 1.165) is 5.92 Å². The van der Waals surface area contributed by atoms with Gasteiger partial charge in [-0.2, -0.15) is 0 Å². The van der Waals surface area contributed by atoms with Gasteiger partial charge in [-0.15, -0.1) is 0 Å². The fourth-order valence-corrected chi connectivity index (χ4v) is 3.43. The lowest BCUT2D eigenvalue weighted by Gasteiger charge is -2.40. The quantitative estimate of drug-likeness (QED) is 0.836. The summed E-state index contributed by atoms with van der Waals surface area (Å²) in [5.41, 5.74) is 3.15. The molecule has 92 valence electrons. The van der Waals surface area contributed by atoms with Crippen LogP contribution in [0.4, 0.5) is 0 Å². The third-order valence-electron chi connectivity index (χ3n) is 4.07. The minimum absolute atomic E-state index is 0.633. The predicted molar refractivity (Wildman–Crippen MR) is 71.4 cm³/mol. The van der Waals surface area contributed by atoms with Crippen molar-refractivity contribution in [2.24, 2.45) is 0 Å². The van der Waals surface area contributed by atoms with Gasteiger partial charge in [0.2, 0.25) is 0 Å². The molecule has 0 saturated carbocycles. The van der Waals surface area contributed by atoms with Crippen molar-refractivity contribution in [1.82, 2.24) is 10.2 Å². The molecule has 2 heteroatoms. The van der Waals surface area contributed by atoms with Crippen molar-refractivity contribution >= 4 is 0 Å². The Morgan fingerprint density at radius 1 is 1.18 bits per heavy atom. The molecule has 0 bridgehead atoms. The van der Waals surface area contributed by atoms with Crippen LogP contribution in [-0.4, -0.2) is 36.6 Å². The van der Waals surface area contributed by atoms with Gasteiger partial charge in [-0.05, 0) is 31.4 Å². The average Bonchev–Trinajstić information content (AvgIpc) is 2.24. The molecule has 0 spiro atoms. The molecule has 1 aromatic carbocycles. The second-order valence-corrected chi connectivity index (χ2v) is 5.79. The molecule has 17 heavy (non-hydrogen) atoms. The molecule has 3 atom stereocenters. The summed E-state index contributed by atoms with van der Waals surface area (Å²) in [6, 6.07) is 10.2. The van der Waals surface area contributed by atoms with Crippen LogP contribution in [0.2, 0.25) is 0 Å². The molecule has 3 unspecified atom stereocenters. The highest BCUT2D eigenvalue weighted by Crippen LogP contribution is 2.35. The molecule has 2 nitrogen and oxygen atoms in total. The van der Waals surface area contributed by atoms with Crippen molar-refractivity contribution in [3.8, 4) is 0 Å². The smallest absolute Gasteiger partial charge is 0.0169 e. The Bertz CT molecular complexity index is 392. The first kappa shape index (κ1) is 11.2. The van der Waals surface area contributed by atoms with Gasteiger partial charge < -0.3 is 5.32 Å². The first-order valence-electron chi connectivity index (χ1n) is 6.78. The molecule has 1 fully saturated rings. The van der Waals surface area contributed by atoms with Crippen molar-refractivity contribution in [3.63, 3.8) is 0 Å². The summed E-state index contributed by atoms with van der Waals surface area (Å²) in [4.78, 5) is 2.63. The number of nitrogens with zero attached hydrogens (tertiary/aromatic N) is 1. The number of fused-ring (bicyclic) bond motifs is 1. The van der Waals surface area contributed by atoms with Crippen molar-refractivity contribution < 1.29 is 0 Å². The van der Waals surface area contributed by atoms with E-state index in [1.807, 2.05) is 0 Å². The summed E-state index contributed by atoms with van der Waals surface area (Å²) in [5.74, 6) is 0.781. The lowest BCUT2D eigenvalue weighted by Crippen LogP contribution is -2.55. The molecule has 1 aromatic rings. The first-order chi connectivity index (χ1) is 8.22. The number of rotatable bonds is 2. The maximum absolute atomic E-state index is 3.60. The summed E-state index contributed by atoms with van der Waals surface area (Å²) < 4.78 is 0. The number of hydrogen-bond donors (Lipinski definition) is 1. The van der Waals surface area contributed by atoms with Crippen molar-refractivity contribution in [2.45, 2.75) is 38.3 Å². The van der Waals surface area contributed by atoms with Crippen molar-refractivity contribution in [3.05, 3.63) is 35.4 Å². The van der Waals surface area contributed by atoms with E-state index in [2.05, 4.69) is 48.3 Å². The lowest BCUT2D eigenvalue weighted by atomic mass is 9.77. The minimum Gasteiger partial charge on any atom is -0.309 e. The molecule has 0 radical (unpaired) electrons. The maximum atomic E-state index is 3.60. The van der Waals surface area contributed by atoms with E-state index < -0.39 is 0 Å². The van der Waals surface area contributed by atoms with Crippen LogP contribution in [0.3, 0.4) is 0 Å². The van der Waals surface area contributed by atoms with Crippen LogP contribution in [0.15, 0.2) is 24.3 Å². The average molecular weight is 230 g/mol. The molecule has 1 N–H and O–H groups in total. The fourth-order valence-electron chi connectivity index (χ4n) is 3.43. The first-order valence-corrected chi connectivity index (χ1v) is 6.78. The molecular formula is C15H22N2. The topological polar surface area (TPSA) is 15.3 Å². The Hall–Kier alpha value is -0.860.